The van der Waals surface area contributed by atoms with E-state index in [-0.39, 0.29) is 12.0 Å². The highest BCUT2D eigenvalue weighted by atomic mass is 32.1. The number of hydrogen-bond acceptors (Lipinski definition) is 8. The molecule has 0 radical (unpaired) electrons. The lowest BCUT2D eigenvalue weighted by Crippen LogP contribution is -2.44. The average Bonchev–Trinajstić information content (AvgIpc) is 3.74. The monoisotopic (exact) mass is 594 g/mol. The van der Waals surface area contributed by atoms with Gasteiger partial charge in [-0.3, -0.25) is 4.90 Å². The summed E-state index contributed by atoms with van der Waals surface area (Å²) in [6.45, 7) is 5.06. The minimum atomic E-state index is -4.49. The molecule has 2 saturated heterocycles. The molecule has 1 aromatic carbocycles. The van der Waals surface area contributed by atoms with Crippen LogP contribution in [0.4, 0.5) is 19.0 Å². The smallest absolute Gasteiger partial charge is 0.378 e. The fourth-order valence-electron chi connectivity index (χ4n) is 6.87. The number of thiophene rings is 1. The van der Waals surface area contributed by atoms with Crippen LogP contribution >= 0.6 is 11.3 Å². The largest absolute Gasteiger partial charge is 0.451 e. The molecule has 4 aromatic heterocycles. The number of aryl methyl sites for hydroxylation is 1. The standard InChI is InChI=1S/C29H29F3N8OS/c30-29(31,32)28-37-36-24-5-4-17-15-38(9-7-23(17)40(24)28)16-18-14-22-25(42-18)27(39-10-12-41-13-11-39)35-26(34-22)20-2-1-3-21-19(20)6-8-33-21/h1-3,6,8,14,17,23,33H,4-5,7,9-13,15-16H2/t17-,23-/m0/s1. The first-order chi connectivity index (χ1) is 20.4. The van der Waals surface area contributed by atoms with Gasteiger partial charge in [0.1, 0.15) is 5.82 Å². The number of H-pyrrole nitrogens is 1. The second kappa shape index (κ2) is 10.0. The molecule has 13 heteroatoms. The zero-order valence-electron chi connectivity index (χ0n) is 22.8. The van der Waals surface area contributed by atoms with Crippen molar-refractivity contribution in [2.24, 2.45) is 5.92 Å². The third-order valence-corrected chi connectivity index (χ3v) is 9.90. The van der Waals surface area contributed by atoms with Crippen molar-refractivity contribution in [1.29, 1.82) is 0 Å². The first-order valence-corrected chi connectivity index (χ1v) is 15.2. The highest BCUT2D eigenvalue weighted by Gasteiger charge is 2.44. The lowest BCUT2D eigenvalue weighted by atomic mass is 9.85. The fourth-order valence-corrected chi connectivity index (χ4v) is 8.02. The molecule has 0 amide bonds. The number of rotatable bonds is 4. The van der Waals surface area contributed by atoms with E-state index >= 15 is 0 Å². The Morgan fingerprint density at radius 3 is 2.79 bits per heavy atom. The molecule has 8 rings (SSSR count). The third-order valence-electron chi connectivity index (χ3n) is 8.80. The molecular weight excluding hydrogens is 565 g/mol. The van der Waals surface area contributed by atoms with Crippen LogP contribution in [0.15, 0.2) is 36.5 Å². The first kappa shape index (κ1) is 26.1. The molecule has 0 saturated carbocycles. The van der Waals surface area contributed by atoms with E-state index in [0.717, 1.165) is 65.1 Å². The summed E-state index contributed by atoms with van der Waals surface area (Å²) in [4.78, 5) is 19.3. The van der Waals surface area contributed by atoms with Crippen molar-refractivity contribution in [3.8, 4) is 11.4 Å². The number of hydrogen-bond donors (Lipinski definition) is 1. The van der Waals surface area contributed by atoms with E-state index in [1.165, 1.54) is 9.44 Å². The normalized spacial score (nSPS) is 21.6. The van der Waals surface area contributed by atoms with Crippen LogP contribution in [0.2, 0.25) is 0 Å². The highest BCUT2D eigenvalue weighted by molar-refractivity contribution is 7.19. The number of likely N-dealkylation sites (tertiary alicyclic amines) is 1. The predicted molar refractivity (Wildman–Crippen MR) is 154 cm³/mol. The molecule has 218 valence electrons. The Kier molecular flexibility index (Phi) is 6.23. The van der Waals surface area contributed by atoms with Crippen LogP contribution in [0, 0.1) is 5.92 Å². The van der Waals surface area contributed by atoms with Crippen LogP contribution in [0.1, 0.15) is 35.4 Å². The van der Waals surface area contributed by atoms with Gasteiger partial charge in [0.2, 0.25) is 5.82 Å². The Morgan fingerprint density at radius 2 is 1.93 bits per heavy atom. The molecule has 2 atom stereocenters. The number of nitrogens with one attached hydrogen (secondary N) is 1. The second-order valence-corrected chi connectivity index (χ2v) is 12.5. The number of benzene rings is 1. The van der Waals surface area contributed by atoms with E-state index in [2.05, 4.69) is 43.2 Å². The number of ether oxygens (including phenoxy) is 1. The summed E-state index contributed by atoms with van der Waals surface area (Å²) in [7, 11) is 0. The molecule has 1 N–H and O–H groups in total. The van der Waals surface area contributed by atoms with E-state index in [1.54, 1.807) is 11.3 Å². The van der Waals surface area contributed by atoms with Crippen LogP contribution in [-0.4, -0.2) is 74.0 Å². The topological polar surface area (TPSA) is 88.0 Å². The van der Waals surface area contributed by atoms with Gasteiger partial charge < -0.3 is 19.2 Å². The summed E-state index contributed by atoms with van der Waals surface area (Å²) >= 11 is 1.72. The molecule has 3 aliphatic heterocycles. The molecule has 9 nitrogen and oxygen atoms in total. The van der Waals surface area contributed by atoms with Crippen LogP contribution in [0.3, 0.4) is 0 Å². The molecule has 0 aliphatic carbocycles. The maximum atomic E-state index is 13.6. The van der Waals surface area contributed by atoms with E-state index in [4.69, 9.17) is 14.7 Å². The molecular formula is C29H29F3N8OS. The molecule has 2 fully saturated rings. The third kappa shape index (κ3) is 4.45. The number of nitrogens with zero attached hydrogens (tertiary/aromatic N) is 7. The van der Waals surface area contributed by atoms with Gasteiger partial charge in [0.25, 0.3) is 0 Å². The van der Waals surface area contributed by atoms with Crippen molar-refractivity contribution >= 4 is 38.3 Å². The SMILES string of the molecule is FC(F)(F)c1nnc2n1[C@H]1CCN(Cc3cc4nc(-c5cccc6[nH]ccc56)nc(N5CCOCC5)c4s3)C[C@@H]1CC2. The van der Waals surface area contributed by atoms with Gasteiger partial charge in [-0.15, -0.1) is 21.5 Å². The van der Waals surface area contributed by atoms with Crippen molar-refractivity contribution < 1.29 is 17.9 Å². The maximum Gasteiger partial charge on any atom is 0.451 e. The number of fused-ring (bicyclic) bond motifs is 5. The molecule has 0 bridgehead atoms. The summed E-state index contributed by atoms with van der Waals surface area (Å²) < 4.78 is 49.0. The van der Waals surface area contributed by atoms with E-state index in [0.29, 0.717) is 44.2 Å². The van der Waals surface area contributed by atoms with Gasteiger partial charge in [0, 0.05) is 72.7 Å². The average molecular weight is 595 g/mol. The van der Waals surface area contributed by atoms with E-state index < -0.39 is 12.0 Å². The van der Waals surface area contributed by atoms with Crippen LogP contribution in [0.5, 0.6) is 0 Å². The number of alkyl halides is 3. The Bertz CT molecular complexity index is 1770. The predicted octanol–water partition coefficient (Wildman–Crippen LogP) is 5.30. The molecule has 7 heterocycles. The summed E-state index contributed by atoms with van der Waals surface area (Å²) in [6, 6.07) is 10.1. The highest BCUT2D eigenvalue weighted by Crippen LogP contribution is 2.42. The minimum absolute atomic E-state index is 0.134. The van der Waals surface area contributed by atoms with E-state index in [9.17, 15) is 13.2 Å². The summed E-state index contributed by atoms with van der Waals surface area (Å²) in [6.07, 6.45) is -0.568. The zero-order valence-corrected chi connectivity index (χ0v) is 23.6. The van der Waals surface area contributed by atoms with Crippen molar-refractivity contribution in [2.75, 3.05) is 44.3 Å². The van der Waals surface area contributed by atoms with E-state index in [1.807, 2.05) is 18.3 Å². The quantitative estimate of drug-likeness (QED) is 0.302. The molecule has 42 heavy (non-hydrogen) atoms. The van der Waals surface area contributed by atoms with Gasteiger partial charge in [-0.2, -0.15) is 13.2 Å². The zero-order chi connectivity index (χ0) is 28.4. The Labute approximate surface area is 243 Å². The van der Waals surface area contributed by atoms with Crippen molar-refractivity contribution in [2.45, 2.75) is 38.0 Å². The molecule has 5 aromatic rings. The lowest BCUT2D eigenvalue weighted by Gasteiger charge is -2.42. The van der Waals surface area contributed by atoms with Crippen molar-refractivity contribution in [3.05, 3.63) is 53.1 Å². The van der Waals surface area contributed by atoms with Gasteiger partial charge in [-0.05, 0) is 37.0 Å². The van der Waals surface area contributed by atoms with Gasteiger partial charge in [-0.25, -0.2) is 9.97 Å². The Morgan fingerprint density at radius 1 is 1.05 bits per heavy atom. The van der Waals surface area contributed by atoms with Crippen molar-refractivity contribution in [3.63, 3.8) is 0 Å². The number of piperidine rings is 1. The Balaban J connectivity index is 1.10. The van der Waals surface area contributed by atoms with Gasteiger partial charge in [0.05, 0.1) is 23.4 Å². The summed E-state index contributed by atoms with van der Waals surface area (Å²) in [5.41, 5.74) is 2.96. The van der Waals surface area contributed by atoms with Crippen LogP contribution in [0.25, 0.3) is 32.5 Å². The summed E-state index contributed by atoms with van der Waals surface area (Å²) in [5.74, 6) is 1.38. The van der Waals surface area contributed by atoms with Gasteiger partial charge in [0.15, 0.2) is 11.6 Å². The number of aromatic amines is 1. The molecule has 0 spiro atoms. The lowest BCUT2D eigenvalue weighted by molar-refractivity contribution is -0.149. The van der Waals surface area contributed by atoms with Gasteiger partial charge >= 0.3 is 6.18 Å². The fraction of sp³-hybridized carbons (Fsp3) is 0.448. The Hall–Kier alpha value is -3.55. The number of anilines is 1. The summed E-state index contributed by atoms with van der Waals surface area (Å²) in [5, 5.41) is 8.46. The molecule has 3 aliphatic rings. The second-order valence-electron chi connectivity index (χ2n) is 11.3. The van der Waals surface area contributed by atoms with Crippen LogP contribution in [-0.2, 0) is 23.9 Å². The number of halogens is 3. The minimum Gasteiger partial charge on any atom is -0.378 e. The first-order valence-electron chi connectivity index (χ1n) is 14.4. The van der Waals surface area contributed by atoms with Gasteiger partial charge in [-0.1, -0.05) is 12.1 Å². The van der Waals surface area contributed by atoms with Crippen LogP contribution < -0.4 is 4.90 Å². The molecule has 0 unspecified atom stereocenters. The maximum absolute atomic E-state index is 13.6. The number of aromatic nitrogens is 6. The number of morpholine rings is 1. The van der Waals surface area contributed by atoms with Crippen molar-refractivity contribution in [1.82, 2.24) is 34.6 Å².